The van der Waals surface area contributed by atoms with Gasteiger partial charge in [0.25, 0.3) is 0 Å². The molecule has 2 aliphatic heterocycles. The first kappa shape index (κ1) is 22.3. The number of hydrogen-bond acceptors (Lipinski definition) is 5. The molecule has 3 atom stereocenters. The fourth-order valence-electron chi connectivity index (χ4n) is 5.56. The van der Waals surface area contributed by atoms with Gasteiger partial charge in [0.2, 0.25) is 11.8 Å². The van der Waals surface area contributed by atoms with E-state index in [2.05, 4.69) is 40.3 Å². The van der Waals surface area contributed by atoms with E-state index in [4.69, 9.17) is 0 Å². The van der Waals surface area contributed by atoms with Gasteiger partial charge in [-0.05, 0) is 29.3 Å². The molecule has 6 nitrogen and oxygen atoms in total. The van der Waals surface area contributed by atoms with Gasteiger partial charge in [0.1, 0.15) is 5.25 Å². The first-order chi connectivity index (χ1) is 18.1. The maximum atomic E-state index is 13.4. The van der Waals surface area contributed by atoms with Crippen LogP contribution in [0, 0.1) is 5.92 Å². The average Bonchev–Trinajstić information content (AvgIpc) is 3.54. The van der Waals surface area contributed by atoms with Crippen LogP contribution in [0.15, 0.2) is 101 Å². The lowest BCUT2D eigenvalue weighted by molar-refractivity contribution is -0.125. The van der Waals surface area contributed by atoms with Gasteiger partial charge in [0.15, 0.2) is 0 Å². The molecule has 8 heteroatoms. The molecule has 1 saturated heterocycles. The summed E-state index contributed by atoms with van der Waals surface area (Å²) in [7, 11) is 0. The quantitative estimate of drug-likeness (QED) is 0.344. The van der Waals surface area contributed by atoms with Gasteiger partial charge in [-0.25, -0.2) is 0 Å². The summed E-state index contributed by atoms with van der Waals surface area (Å²) in [5, 5.41) is 3.75. The fraction of sp³-hybridized carbons (Fsp3) is 0.138. The molecule has 0 bridgehead atoms. The molecule has 3 unspecified atom stereocenters. The Labute approximate surface area is 220 Å². The van der Waals surface area contributed by atoms with Crippen molar-refractivity contribution in [2.24, 2.45) is 5.92 Å². The molecular formula is C29H21N3O3S2. The normalized spacial score (nSPS) is 20.6. The summed E-state index contributed by atoms with van der Waals surface area (Å²) in [5.41, 5.74) is 3.94. The third-order valence-corrected chi connectivity index (χ3v) is 9.71. The lowest BCUT2D eigenvalue weighted by Crippen LogP contribution is -2.31. The zero-order chi connectivity index (χ0) is 25.1. The van der Waals surface area contributed by atoms with Gasteiger partial charge in [0.05, 0.1) is 16.6 Å². The predicted octanol–water partition coefficient (Wildman–Crippen LogP) is 4.78. The third kappa shape index (κ3) is 3.51. The monoisotopic (exact) mass is 523 g/mol. The standard InChI is InChI=1S/C29H21N3O3S2/c33-26-23-22(20-16-31(15-17-9-3-1-4-10-17)21-14-8-7-13-19(20)21)25-28(36-24(23)27(34)30-26)32(29(35)37-25)18-11-5-2-6-12-18/h1-14,16,22-24H,15H2,(H,30,33,34). The SMILES string of the molecule is O=C1NC(=O)C2C1Sc1c(sc(=O)n1-c1ccccc1)C2c1cn(Cc2ccccc2)c2ccccc12. The van der Waals surface area contributed by atoms with Crippen molar-refractivity contribution in [3.8, 4) is 5.69 Å². The van der Waals surface area contributed by atoms with Gasteiger partial charge in [0, 0.05) is 34.4 Å². The maximum Gasteiger partial charge on any atom is 0.312 e. The van der Waals surface area contributed by atoms with Crippen molar-refractivity contribution in [1.29, 1.82) is 0 Å². The van der Waals surface area contributed by atoms with Crippen molar-refractivity contribution in [1.82, 2.24) is 14.5 Å². The van der Waals surface area contributed by atoms with Crippen molar-refractivity contribution < 1.29 is 9.59 Å². The van der Waals surface area contributed by atoms with Crippen LogP contribution in [0.1, 0.15) is 21.9 Å². The van der Waals surface area contributed by atoms with E-state index >= 15 is 0 Å². The molecule has 0 spiro atoms. The Hall–Kier alpha value is -3.88. The van der Waals surface area contributed by atoms with E-state index in [0.717, 1.165) is 32.1 Å². The Morgan fingerprint density at radius 3 is 2.30 bits per heavy atom. The highest BCUT2D eigenvalue weighted by Gasteiger charge is 2.53. The molecule has 37 heavy (non-hydrogen) atoms. The van der Waals surface area contributed by atoms with Crippen molar-refractivity contribution in [3.05, 3.63) is 117 Å². The number of benzene rings is 3. The number of carbonyl (C=O) groups excluding carboxylic acids is 2. The molecule has 7 rings (SSSR count). The molecule has 0 radical (unpaired) electrons. The van der Waals surface area contributed by atoms with Crippen LogP contribution in [0.3, 0.4) is 0 Å². The molecule has 1 fully saturated rings. The smallest absolute Gasteiger partial charge is 0.312 e. The van der Waals surface area contributed by atoms with Gasteiger partial charge in [-0.1, -0.05) is 89.8 Å². The van der Waals surface area contributed by atoms with Crippen LogP contribution in [-0.2, 0) is 16.1 Å². The minimum absolute atomic E-state index is 0.116. The number of nitrogens with one attached hydrogen (secondary N) is 1. The van der Waals surface area contributed by atoms with Crippen LogP contribution in [0.25, 0.3) is 16.6 Å². The summed E-state index contributed by atoms with van der Waals surface area (Å²) in [6, 6.07) is 27.8. The Morgan fingerprint density at radius 1 is 0.811 bits per heavy atom. The lowest BCUT2D eigenvalue weighted by atomic mass is 9.83. The number of rotatable bonds is 4. The van der Waals surface area contributed by atoms with Gasteiger partial charge in [-0.3, -0.25) is 24.3 Å². The van der Waals surface area contributed by atoms with Gasteiger partial charge in [-0.15, -0.1) is 0 Å². The number of thioether (sulfide) groups is 1. The zero-order valence-corrected chi connectivity index (χ0v) is 21.2. The number of nitrogens with zero attached hydrogens (tertiary/aromatic N) is 2. The second-order valence-corrected chi connectivity index (χ2v) is 11.4. The minimum atomic E-state index is -0.592. The van der Waals surface area contributed by atoms with Gasteiger partial charge in [-0.2, -0.15) is 0 Å². The molecule has 2 aromatic heterocycles. The highest BCUT2D eigenvalue weighted by molar-refractivity contribution is 8.00. The van der Waals surface area contributed by atoms with Crippen LogP contribution >= 0.6 is 23.1 Å². The zero-order valence-electron chi connectivity index (χ0n) is 19.5. The highest BCUT2D eigenvalue weighted by Crippen LogP contribution is 2.53. The fourth-order valence-corrected chi connectivity index (χ4v) is 8.32. The molecule has 3 aromatic carbocycles. The maximum absolute atomic E-state index is 13.4. The first-order valence-electron chi connectivity index (χ1n) is 12.0. The summed E-state index contributed by atoms with van der Waals surface area (Å²) in [6.45, 7) is 0.677. The molecule has 2 aliphatic rings. The molecule has 0 aliphatic carbocycles. The van der Waals surface area contributed by atoms with E-state index in [0.29, 0.717) is 6.54 Å². The van der Waals surface area contributed by atoms with Crippen LogP contribution in [0.5, 0.6) is 0 Å². The van der Waals surface area contributed by atoms with E-state index < -0.39 is 17.1 Å². The molecule has 1 N–H and O–H groups in total. The van der Waals surface area contributed by atoms with E-state index in [-0.39, 0.29) is 16.7 Å². The molecule has 4 heterocycles. The summed E-state index contributed by atoms with van der Waals surface area (Å²) < 4.78 is 3.88. The molecule has 5 aromatic rings. The summed E-state index contributed by atoms with van der Waals surface area (Å²) in [6.07, 6.45) is 2.10. The van der Waals surface area contributed by atoms with Crippen molar-refractivity contribution in [2.75, 3.05) is 0 Å². The Morgan fingerprint density at radius 2 is 1.51 bits per heavy atom. The largest absolute Gasteiger partial charge is 0.343 e. The van der Waals surface area contributed by atoms with Crippen molar-refractivity contribution in [3.63, 3.8) is 0 Å². The number of para-hydroxylation sites is 2. The number of fused-ring (bicyclic) bond motifs is 3. The van der Waals surface area contributed by atoms with E-state index in [1.807, 2.05) is 60.7 Å². The van der Waals surface area contributed by atoms with E-state index in [1.165, 1.54) is 28.7 Å². The van der Waals surface area contributed by atoms with E-state index in [1.54, 1.807) is 4.57 Å². The number of aromatic nitrogens is 2. The van der Waals surface area contributed by atoms with Crippen molar-refractivity contribution in [2.45, 2.75) is 22.7 Å². The minimum Gasteiger partial charge on any atom is -0.343 e. The second kappa shape index (κ2) is 8.61. The Kier molecular flexibility index (Phi) is 5.19. The predicted molar refractivity (Wildman–Crippen MR) is 146 cm³/mol. The lowest BCUT2D eigenvalue weighted by Gasteiger charge is -2.30. The summed E-state index contributed by atoms with van der Waals surface area (Å²) >= 11 is 2.50. The number of hydrogen-bond donors (Lipinski definition) is 1. The molecule has 2 amide bonds. The average molecular weight is 524 g/mol. The molecular weight excluding hydrogens is 502 g/mol. The van der Waals surface area contributed by atoms with Crippen LogP contribution < -0.4 is 10.2 Å². The topological polar surface area (TPSA) is 73.1 Å². The highest BCUT2D eigenvalue weighted by atomic mass is 32.2. The van der Waals surface area contributed by atoms with Gasteiger partial charge >= 0.3 is 4.87 Å². The number of imide groups is 1. The first-order valence-corrected chi connectivity index (χ1v) is 13.7. The molecule has 182 valence electrons. The number of thiazole rings is 1. The summed E-state index contributed by atoms with van der Waals surface area (Å²) in [5.74, 6) is -1.55. The number of amides is 2. The van der Waals surface area contributed by atoms with Crippen LogP contribution in [-0.4, -0.2) is 26.2 Å². The summed E-state index contributed by atoms with van der Waals surface area (Å²) in [4.78, 5) is 40.2. The van der Waals surface area contributed by atoms with Crippen molar-refractivity contribution >= 4 is 45.8 Å². The van der Waals surface area contributed by atoms with Gasteiger partial charge < -0.3 is 4.57 Å². The Balaban J connectivity index is 1.46. The third-order valence-electron chi connectivity index (χ3n) is 7.17. The molecule has 0 saturated carbocycles. The van der Waals surface area contributed by atoms with Crippen LogP contribution in [0.2, 0.25) is 0 Å². The Bertz CT molecular complexity index is 1740. The second-order valence-electron chi connectivity index (χ2n) is 9.32. The number of carbonyl (C=O) groups is 2. The van der Waals surface area contributed by atoms with E-state index in [9.17, 15) is 14.4 Å². The van der Waals surface area contributed by atoms with Crippen LogP contribution in [0.4, 0.5) is 0 Å².